The lowest BCUT2D eigenvalue weighted by Gasteiger charge is -2.17. The Hall–Kier alpha value is -2.34. The van der Waals surface area contributed by atoms with E-state index in [2.05, 4.69) is 15.5 Å². The van der Waals surface area contributed by atoms with Crippen LogP contribution in [0, 0.1) is 6.92 Å². The fraction of sp³-hybridized carbons (Fsp3) is 0.286. The molecule has 1 heterocycles. The van der Waals surface area contributed by atoms with E-state index in [1.165, 1.54) is 0 Å². The van der Waals surface area contributed by atoms with Crippen LogP contribution in [0.3, 0.4) is 0 Å². The summed E-state index contributed by atoms with van der Waals surface area (Å²) in [5, 5.41) is 15.1. The Morgan fingerprint density at radius 2 is 2.20 bits per heavy atom. The average Bonchev–Trinajstić information content (AvgIpc) is 2.89. The third-order valence-corrected chi connectivity index (χ3v) is 2.91. The van der Waals surface area contributed by atoms with Crippen LogP contribution < -0.4 is 11.1 Å². The summed E-state index contributed by atoms with van der Waals surface area (Å²) in [5.41, 5.74) is 6.66. The first-order valence-electron chi connectivity index (χ1n) is 6.35. The summed E-state index contributed by atoms with van der Waals surface area (Å²) in [6.07, 6.45) is 2.08. The van der Waals surface area contributed by atoms with E-state index in [1.54, 1.807) is 6.20 Å². The zero-order valence-electron chi connectivity index (χ0n) is 11.3. The van der Waals surface area contributed by atoms with Gasteiger partial charge in [-0.1, -0.05) is 35.5 Å². The number of amidine groups is 1. The van der Waals surface area contributed by atoms with Crippen molar-refractivity contribution in [3.63, 3.8) is 0 Å². The van der Waals surface area contributed by atoms with E-state index in [0.717, 1.165) is 11.3 Å². The molecular formula is C14H18N4O2. The number of nitrogens with one attached hydrogen (secondary N) is 1. The number of hydrogen-bond donors (Lipinski definition) is 3. The SMILES string of the molecule is Cc1cnc(CNC(C/C(N)=N/O)c2ccccc2)o1. The van der Waals surface area contributed by atoms with Crippen molar-refractivity contribution >= 4 is 5.84 Å². The van der Waals surface area contributed by atoms with Gasteiger partial charge < -0.3 is 20.7 Å². The highest BCUT2D eigenvalue weighted by Gasteiger charge is 2.14. The summed E-state index contributed by atoms with van der Waals surface area (Å²) in [6, 6.07) is 9.75. The first-order valence-corrected chi connectivity index (χ1v) is 6.35. The number of aryl methyl sites for hydroxylation is 1. The molecule has 6 heteroatoms. The molecule has 1 atom stereocenters. The molecule has 6 nitrogen and oxygen atoms in total. The van der Waals surface area contributed by atoms with Gasteiger partial charge in [0.15, 0.2) is 0 Å². The molecule has 1 unspecified atom stereocenters. The van der Waals surface area contributed by atoms with E-state index in [9.17, 15) is 0 Å². The minimum atomic E-state index is -0.0701. The van der Waals surface area contributed by atoms with Gasteiger partial charge in [-0.25, -0.2) is 4.98 Å². The van der Waals surface area contributed by atoms with E-state index in [-0.39, 0.29) is 11.9 Å². The summed E-state index contributed by atoms with van der Waals surface area (Å²) in [7, 11) is 0. The Bertz CT molecular complexity index is 566. The zero-order chi connectivity index (χ0) is 14.4. The van der Waals surface area contributed by atoms with Gasteiger partial charge in [-0.3, -0.25) is 0 Å². The van der Waals surface area contributed by atoms with E-state index in [4.69, 9.17) is 15.4 Å². The third kappa shape index (κ3) is 3.83. The molecule has 2 rings (SSSR count). The number of nitrogens with zero attached hydrogens (tertiary/aromatic N) is 2. The van der Waals surface area contributed by atoms with Gasteiger partial charge in [-0.15, -0.1) is 0 Å². The normalized spacial score (nSPS) is 13.3. The van der Waals surface area contributed by atoms with Gasteiger partial charge in [-0.05, 0) is 12.5 Å². The van der Waals surface area contributed by atoms with Crippen molar-refractivity contribution in [1.29, 1.82) is 0 Å². The molecule has 1 aromatic heterocycles. The maximum atomic E-state index is 8.72. The van der Waals surface area contributed by atoms with Crippen LogP contribution in [0.4, 0.5) is 0 Å². The van der Waals surface area contributed by atoms with E-state index in [1.807, 2.05) is 37.3 Å². The van der Waals surface area contributed by atoms with Gasteiger partial charge in [0, 0.05) is 12.5 Å². The Morgan fingerprint density at radius 3 is 2.80 bits per heavy atom. The number of nitrogens with two attached hydrogens (primary N) is 1. The second-order valence-electron chi connectivity index (χ2n) is 4.50. The maximum Gasteiger partial charge on any atom is 0.208 e. The molecule has 0 fully saturated rings. The van der Waals surface area contributed by atoms with Crippen LogP contribution in [0.2, 0.25) is 0 Å². The second kappa shape index (κ2) is 6.72. The highest BCUT2D eigenvalue weighted by atomic mass is 16.4. The summed E-state index contributed by atoms with van der Waals surface area (Å²) >= 11 is 0. The summed E-state index contributed by atoms with van der Waals surface area (Å²) in [6.45, 7) is 2.33. The number of benzene rings is 1. The van der Waals surface area contributed by atoms with Crippen molar-refractivity contribution in [2.24, 2.45) is 10.9 Å². The largest absolute Gasteiger partial charge is 0.445 e. The highest BCUT2D eigenvalue weighted by Crippen LogP contribution is 2.17. The molecule has 0 spiro atoms. The van der Waals surface area contributed by atoms with Crippen molar-refractivity contribution in [2.45, 2.75) is 25.9 Å². The van der Waals surface area contributed by atoms with Gasteiger partial charge in [0.25, 0.3) is 0 Å². The molecule has 0 saturated carbocycles. The average molecular weight is 274 g/mol. The minimum Gasteiger partial charge on any atom is -0.445 e. The predicted octanol–water partition coefficient (Wildman–Crippen LogP) is 1.95. The lowest BCUT2D eigenvalue weighted by atomic mass is 10.0. The monoisotopic (exact) mass is 274 g/mol. The van der Waals surface area contributed by atoms with Crippen molar-refractivity contribution in [1.82, 2.24) is 10.3 Å². The summed E-state index contributed by atoms with van der Waals surface area (Å²) in [4.78, 5) is 4.14. The molecule has 0 radical (unpaired) electrons. The van der Waals surface area contributed by atoms with Crippen LogP contribution in [0.5, 0.6) is 0 Å². The lowest BCUT2D eigenvalue weighted by Crippen LogP contribution is -2.26. The number of hydrogen-bond acceptors (Lipinski definition) is 5. The smallest absolute Gasteiger partial charge is 0.208 e. The first-order chi connectivity index (χ1) is 9.69. The molecule has 106 valence electrons. The number of rotatable bonds is 6. The molecule has 0 amide bonds. The molecular weight excluding hydrogens is 256 g/mol. The van der Waals surface area contributed by atoms with Crippen molar-refractivity contribution in [3.05, 3.63) is 53.7 Å². The van der Waals surface area contributed by atoms with Crippen molar-refractivity contribution in [3.8, 4) is 0 Å². The minimum absolute atomic E-state index is 0.0701. The zero-order valence-corrected chi connectivity index (χ0v) is 11.3. The van der Waals surface area contributed by atoms with Crippen LogP contribution >= 0.6 is 0 Å². The molecule has 20 heavy (non-hydrogen) atoms. The van der Waals surface area contributed by atoms with Crippen LogP contribution in [-0.4, -0.2) is 16.0 Å². The number of oxazole rings is 1. The van der Waals surface area contributed by atoms with E-state index in [0.29, 0.717) is 18.9 Å². The second-order valence-corrected chi connectivity index (χ2v) is 4.50. The van der Waals surface area contributed by atoms with Crippen molar-refractivity contribution in [2.75, 3.05) is 0 Å². The van der Waals surface area contributed by atoms with Crippen LogP contribution in [0.25, 0.3) is 0 Å². The third-order valence-electron chi connectivity index (χ3n) is 2.91. The standard InChI is InChI=1S/C14H18N4O2/c1-10-8-17-14(20-10)9-16-12(7-13(15)18-19)11-5-3-2-4-6-11/h2-6,8,12,16,19H,7,9H2,1H3,(H2,15,18). The molecule has 4 N–H and O–H groups in total. The van der Waals surface area contributed by atoms with Gasteiger partial charge >= 0.3 is 0 Å². The van der Waals surface area contributed by atoms with Gasteiger partial charge in [-0.2, -0.15) is 0 Å². The maximum absolute atomic E-state index is 8.72. The van der Waals surface area contributed by atoms with Gasteiger partial charge in [0.2, 0.25) is 5.89 Å². The fourth-order valence-corrected chi connectivity index (χ4v) is 1.94. The fourth-order valence-electron chi connectivity index (χ4n) is 1.94. The molecule has 1 aromatic carbocycles. The molecule has 2 aromatic rings. The molecule has 0 saturated heterocycles. The van der Waals surface area contributed by atoms with E-state index < -0.39 is 0 Å². The Labute approximate surface area is 117 Å². The van der Waals surface area contributed by atoms with Crippen LogP contribution in [0.15, 0.2) is 46.1 Å². The lowest BCUT2D eigenvalue weighted by molar-refractivity contribution is 0.315. The van der Waals surface area contributed by atoms with Gasteiger partial charge in [0.1, 0.15) is 11.6 Å². The van der Waals surface area contributed by atoms with Crippen LogP contribution in [0.1, 0.15) is 29.7 Å². The van der Waals surface area contributed by atoms with Gasteiger partial charge in [0.05, 0.1) is 12.7 Å². The molecule has 0 aliphatic carbocycles. The van der Waals surface area contributed by atoms with Crippen LogP contribution in [-0.2, 0) is 6.54 Å². The highest BCUT2D eigenvalue weighted by molar-refractivity contribution is 5.80. The predicted molar refractivity (Wildman–Crippen MR) is 75.3 cm³/mol. The topological polar surface area (TPSA) is 96.7 Å². The molecule has 0 bridgehead atoms. The Morgan fingerprint density at radius 1 is 1.45 bits per heavy atom. The quantitative estimate of drug-likeness (QED) is 0.324. The number of aromatic nitrogens is 1. The summed E-state index contributed by atoms with van der Waals surface area (Å²) < 4.78 is 5.42. The Balaban J connectivity index is 2.06. The first kappa shape index (κ1) is 14.1. The number of oxime groups is 1. The van der Waals surface area contributed by atoms with Crippen molar-refractivity contribution < 1.29 is 9.62 Å². The molecule has 0 aliphatic heterocycles. The van der Waals surface area contributed by atoms with E-state index >= 15 is 0 Å². The summed E-state index contributed by atoms with van der Waals surface area (Å²) in [5.74, 6) is 1.56. The molecule has 0 aliphatic rings. The Kier molecular flexibility index (Phi) is 4.73.